The molecule has 0 aromatic carbocycles. The molecular weight excluding hydrogens is 306 g/mol. The maximum Gasteiger partial charge on any atom is 0.322 e. The Morgan fingerprint density at radius 3 is 2.68 bits per heavy atom. The molecule has 1 aliphatic heterocycles. The summed E-state index contributed by atoms with van der Waals surface area (Å²) in [6.07, 6.45) is 0. The van der Waals surface area contributed by atoms with Crippen LogP contribution >= 0.6 is 23.1 Å². The first kappa shape index (κ1) is 14.8. The van der Waals surface area contributed by atoms with Crippen LogP contribution in [0.5, 0.6) is 0 Å². The van der Waals surface area contributed by atoms with Gasteiger partial charge in [0.05, 0.1) is 5.37 Å². The first-order valence-corrected chi connectivity index (χ1v) is 9.14. The number of sulfonamides is 1. The first-order valence-electron chi connectivity index (χ1n) is 5.77. The van der Waals surface area contributed by atoms with E-state index in [0.29, 0.717) is 5.75 Å². The fourth-order valence-electron chi connectivity index (χ4n) is 2.00. The van der Waals surface area contributed by atoms with E-state index in [9.17, 15) is 18.3 Å². The number of hydrogen-bond donors (Lipinski definition) is 1. The number of thioether (sulfide) groups is 1. The van der Waals surface area contributed by atoms with Gasteiger partial charge in [-0.3, -0.25) is 4.79 Å². The summed E-state index contributed by atoms with van der Waals surface area (Å²) < 4.78 is 26.5. The maximum atomic E-state index is 12.6. The summed E-state index contributed by atoms with van der Waals surface area (Å²) in [5.41, 5.74) is 0. The second kappa shape index (κ2) is 5.43. The predicted molar refractivity (Wildman–Crippen MR) is 75.9 cm³/mol. The van der Waals surface area contributed by atoms with E-state index in [4.69, 9.17) is 0 Å². The largest absolute Gasteiger partial charge is 0.480 e. The second-order valence-electron chi connectivity index (χ2n) is 4.59. The van der Waals surface area contributed by atoms with Crippen LogP contribution in [0.4, 0.5) is 0 Å². The molecule has 5 nitrogen and oxygen atoms in total. The highest BCUT2D eigenvalue weighted by molar-refractivity contribution is 8.01. The van der Waals surface area contributed by atoms with E-state index in [1.165, 1.54) is 17.8 Å². The summed E-state index contributed by atoms with van der Waals surface area (Å²) in [5, 5.41) is 10.6. The average Bonchev–Trinajstić information content (AvgIpc) is 2.98. The Morgan fingerprint density at radius 2 is 2.21 bits per heavy atom. The van der Waals surface area contributed by atoms with Gasteiger partial charge in [-0.25, -0.2) is 8.42 Å². The third kappa shape index (κ3) is 2.67. The molecule has 0 amide bonds. The highest BCUT2D eigenvalue weighted by Crippen LogP contribution is 2.39. The summed E-state index contributed by atoms with van der Waals surface area (Å²) in [6, 6.07) is 2.18. The van der Waals surface area contributed by atoms with Crippen molar-refractivity contribution in [3.05, 3.63) is 17.5 Å². The molecule has 2 atom stereocenters. The molecule has 1 N–H and O–H groups in total. The fourth-order valence-corrected chi connectivity index (χ4v) is 6.81. The van der Waals surface area contributed by atoms with E-state index in [-0.39, 0.29) is 15.5 Å². The Morgan fingerprint density at radius 1 is 1.53 bits per heavy atom. The molecule has 2 rings (SSSR count). The number of nitrogens with zero attached hydrogens (tertiary/aromatic N) is 1. The lowest BCUT2D eigenvalue weighted by atomic mass is 10.2. The summed E-state index contributed by atoms with van der Waals surface area (Å²) in [7, 11) is -3.73. The molecule has 0 saturated carbocycles. The van der Waals surface area contributed by atoms with E-state index in [1.807, 2.05) is 13.8 Å². The van der Waals surface area contributed by atoms with Crippen molar-refractivity contribution < 1.29 is 18.3 Å². The summed E-state index contributed by atoms with van der Waals surface area (Å²) >= 11 is 2.50. The van der Waals surface area contributed by atoms with Crippen LogP contribution in [0, 0.1) is 5.92 Å². The average molecular weight is 321 g/mol. The zero-order valence-corrected chi connectivity index (χ0v) is 13.0. The quantitative estimate of drug-likeness (QED) is 0.917. The molecule has 1 aliphatic rings. The number of hydrogen-bond acceptors (Lipinski definition) is 5. The van der Waals surface area contributed by atoms with Gasteiger partial charge in [-0.05, 0) is 17.4 Å². The van der Waals surface area contributed by atoms with Crippen molar-refractivity contribution in [3.8, 4) is 0 Å². The Kier molecular flexibility index (Phi) is 4.24. The van der Waals surface area contributed by atoms with Crippen LogP contribution in [0.15, 0.2) is 21.7 Å². The summed E-state index contributed by atoms with van der Waals surface area (Å²) in [5.74, 6) is -0.733. The summed E-state index contributed by atoms with van der Waals surface area (Å²) in [4.78, 5) is 11.3. The molecule has 8 heteroatoms. The molecule has 0 aliphatic carbocycles. The van der Waals surface area contributed by atoms with Gasteiger partial charge in [-0.15, -0.1) is 23.1 Å². The number of carboxylic acids is 1. The van der Waals surface area contributed by atoms with Crippen LogP contribution in [0.1, 0.15) is 13.8 Å². The lowest BCUT2D eigenvalue weighted by Crippen LogP contribution is -2.46. The molecule has 1 aromatic heterocycles. The van der Waals surface area contributed by atoms with Crippen LogP contribution < -0.4 is 0 Å². The van der Waals surface area contributed by atoms with Gasteiger partial charge in [0.25, 0.3) is 10.0 Å². The number of thiophene rings is 1. The van der Waals surface area contributed by atoms with Crippen LogP contribution in [-0.4, -0.2) is 41.0 Å². The Labute approximate surface area is 120 Å². The third-order valence-corrected chi connectivity index (χ3v) is 7.88. The van der Waals surface area contributed by atoms with E-state index >= 15 is 0 Å². The molecule has 1 saturated heterocycles. The second-order valence-corrected chi connectivity index (χ2v) is 8.76. The third-order valence-electron chi connectivity index (χ3n) is 2.87. The van der Waals surface area contributed by atoms with Gasteiger partial charge in [-0.1, -0.05) is 19.9 Å². The summed E-state index contributed by atoms with van der Waals surface area (Å²) in [6.45, 7) is 3.80. The first-order chi connectivity index (χ1) is 8.85. The van der Waals surface area contributed by atoms with Gasteiger partial charge < -0.3 is 5.11 Å². The zero-order valence-electron chi connectivity index (χ0n) is 10.5. The topological polar surface area (TPSA) is 74.7 Å². The van der Waals surface area contributed by atoms with Crippen molar-refractivity contribution in [1.82, 2.24) is 4.31 Å². The molecule has 0 radical (unpaired) electrons. The minimum absolute atomic E-state index is 0.0593. The standard InChI is InChI=1S/C11H15NO4S3/c1-7(2)10-12(8(6-18-10)11(13)14)19(15,16)9-4-3-5-17-9/h3-5,7-8,10H,6H2,1-2H3,(H,13,14). The van der Waals surface area contributed by atoms with E-state index in [1.54, 1.807) is 11.4 Å². The van der Waals surface area contributed by atoms with Crippen molar-refractivity contribution in [3.63, 3.8) is 0 Å². The van der Waals surface area contributed by atoms with Crippen molar-refractivity contribution in [2.45, 2.75) is 29.5 Å². The van der Waals surface area contributed by atoms with Gasteiger partial charge >= 0.3 is 5.97 Å². The Bertz CT molecular complexity index is 553. The molecule has 0 spiro atoms. The fraction of sp³-hybridized carbons (Fsp3) is 0.545. The Balaban J connectivity index is 2.45. The molecular formula is C11H15NO4S3. The lowest BCUT2D eigenvalue weighted by molar-refractivity contribution is -0.140. The van der Waals surface area contributed by atoms with E-state index in [0.717, 1.165) is 15.6 Å². The van der Waals surface area contributed by atoms with Crippen LogP contribution in [0.3, 0.4) is 0 Å². The smallest absolute Gasteiger partial charge is 0.322 e. The van der Waals surface area contributed by atoms with E-state index < -0.39 is 22.0 Å². The molecule has 2 unspecified atom stereocenters. The van der Waals surface area contributed by atoms with Crippen molar-refractivity contribution >= 4 is 39.1 Å². The lowest BCUT2D eigenvalue weighted by Gasteiger charge is -2.28. The molecule has 106 valence electrons. The highest BCUT2D eigenvalue weighted by Gasteiger charge is 2.47. The number of carbonyl (C=O) groups is 1. The van der Waals surface area contributed by atoms with Gasteiger partial charge in [0, 0.05) is 5.75 Å². The van der Waals surface area contributed by atoms with Crippen LogP contribution in [0.2, 0.25) is 0 Å². The zero-order chi connectivity index (χ0) is 14.2. The van der Waals surface area contributed by atoms with Crippen molar-refractivity contribution in [1.29, 1.82) is 0 Å². The SMILES string of the molecule is CC(C)C1SCC(C(=O)O)N1S(=O)(=O)c1cccs1. The molecule has 1 aromatic rings. The minimum Gasteiger partial charge on any atom is -0.480 e. The number of rotatable bonds is 4. The molecule has 1 fully saturated rings. The maximum absolute atomic E-state index is 12.6. The predicted octanol–water partition coefficient (Wildman–Crippen LogP) is 1.92. The van der Waals surface area contributed by atoms with Crippen LogP contribution in [-0.2, 0) is 14.8 Å². The monoisotopic (exact) mass is 321 g/mol. The van der Waals surface area contributed by atoms with E-state index in [2.05, 4.69) is 0 Å². The number of aliphatic carboxylic acids is 1. The highest BCUT2D eigenvalue weighted by atomic mass is 32.2. The molecule has 0 bridgehead atoms. The van der Waals surface area contributed by atoms with Crippen LogP contribution in [0.25, 0.3) is 0 Å². The molecule has 19 heavy (non-hydrogen) atoms. The number of carboxylic acid groups (broad SMARTS) is 1. The van der Waals surface area contributed by atoms with Gasteiger partial charge in [0.1, 0.15) is 10.3 Å². The van der Waals surface area contributed by atoms with Gasteiger partial charge in [0.15, 0.2) is 0 Å². The molecule has 2 heterocycles. The minimum atomic E-state index is -3.73. The Hall–Kier alpha value is -0.570. The van der Waals surface area contributed by atoms with Crippen molar-refractivity contribution in [2.24, 2.45) is 5.92 Å². The van der Waals surface area contributed by atoms with Gasteiger partial charge in [0.2, 0.25) is 0 Å². The normalized spacial score (nSPS) is 25.0. The van der Waals surface area contributed by atoms with Crippen molar-refractivity contribution in [2.75, 3.05) is 5.75 Å². The van der Waals surface area contributed by atoms with Gasteiger partial charge in [-0.2, -0.15) is 4.31 Å².